The molecule has 6 heteroatoms. The normalized spacial score (nSPS) is 10.8. The molecule has 0 saturated heterocycles. The fourth-order valence-electron chi connectivity index (χ4n) is 1.90. The summed E-state index contributed by atoms with van der Waals surface area (Å²) >= 11 is 11.8. The van der Waals surface area contributed by atoms with Gasteiger partial charge in [0.2, 0.25) is 0 Å². The predicted molar refractivity (Wildman–Crippen MR) is 83.4 cm³/mol. The summed E-state index contributed by atoms with van der Waals surface area (Å²) in [5.74, 6) is 5.46. The number of benzene rings is 2. The third-order valence-corrected chi connectivity index (χ3v) is 3.41. The van der Waals surface area contributed by atoms with E-state index >= 15 is 0 Å². The van der Waals surface area contributed by atoms with Crippen molar-refractivity contribution >= 4 is 28.9 Å². The average molecular weight is 344 g/mol. The number of nitrogens with one attached hydrogen (secondary N) is 1. The highest BCUT2D eigenvalue weighted by molar-refractivity contribution is 6.31. The molecule has 0 atom stereocenters. The minimum atomic E-state index is -4.52. The van der Waals surface area contributed by atoms with Crippen molar-refractivity contribution < 1.29 is 13.2 Å². The fourth-order valence-corrected chi connectivity index (χ4v) is 2.30. The average Bonchev–Trinajstić information content (AvgIpc) is 2.45. The zero-order valence-electron chi connectivity index (χ0n) is 11.4. The van der Waals surface area contributed by atoms with Crippen molar-refractivity contribution in [2.75, 3.05) is 12.4 Å². The molecule has 0 heterocycles. The largest absolute Gasteiger partial charge is 0.418 e. The van der Waals surface area contributed by atoms with Crippen molar-refractivity contribution in [1.82, 2.24) is 0 Å². The van der Waals surface area contributed by atoms with E-state index in [1.807, 2.05) is 0 Å². The Labute approximate surface area is 136 Å². The lowest BCUT2D eigenvalue weighted by molar-refractivity contribution is -0.136. The van der Waals surface area contributed by atoms with E-state index in [1.54, 1.807) is 24.3 Å². The molecule has 0 spiro atoms. The van der Waals surface area contributed by atoms with E-state index in [9.17, 15) is 13.2 Å². The van der Waals surface area contributed by atoms with Gasteiger partial charge in [-0.05, 0) is 24.3 Å². The summed E-state index contributed by atoms with van der Waals surface area (Å²) < 4.78 is 39.2. The summed E-state index contributed by atoms with van der Waals surface area (Å²) in [7, 11) is 1.40. The van der Waals surface area contributed by atoms with E-state index in [0.717, 1.165) is 6.07 Å². The quantitative estimate of drug-likeness (QED) is 0.678. The Hall–Kier alpha value is -1.83. The number of rotatable bonds is 1. The van der Waals surface area contributed by atoms with Gasteiger partial charge in [0.05, 0.1) is 21.8 Å². The van der Waals surface area contributed by atoms with Crippen LogP contribution in [-0.4, -0.2) is 7.05 Å². The molecule has 0 amide bonds. The van der Waals surface area contributed by atoms with Crippen LogP contribution >= 0.6 is 23.2 Å². The van der Waals surface area contributed by atoms with Crippen molar-refractivity contribution in [2.24, 2.45) is 0 Å². The third kappa shape index (κ3) is 3.68. The van der Waals surface area contributed by atoms with E-state index < -0.39 is 11.7 Å². The Kier molecular flexibility index (Phi) is 4.90. The molecular formula is C16H10Cl2F3N. The first-order chi connectivity index (χ1) is 10.3. The lowest BCUT2D eigenvalue weighted by Crippen LogP contribution is -2.10. The molecule has 0 aliphatic rings. The van der Waals surface area contributed by atoms with Crippen LogP contribution < -0.4 is 5.32 Å². The van der Waals surface area contributed by atoms with Crippen molar-refractivity contribution in [1.29, 1.82) is 0 Å². The van der Waals surface area contributed by atoms with Crippen molar-refractivity contribution in [3.63, 3.8) is 0 Å². The lowest BCUT2D eigenvalue weighted by Gasteiger charge is -2.14. The second-order valence-corrected chi connectivity index (χ2v) is 5.20. The molecule has 0 saturated carbocycles. The van der Waals surface area contributed by atoms with Gasteiger partial charge < -0.3 is 5.32 Å². The van der Waals surface area contributed by atoms with Crippen LogP contribution in [0.1, 0.15) is 16.7 Å². The van der Waals surface area contributed by atoms with Crippen LogP contribution in [0, 0.1) is 11.8 Å². The SMILES string of the molecule is CNc1c(C#Cc2ccccc2Cl)cc(Cl)cc1C(F)(F)F. The highest BCUT2D eigenvalue weighted by Crippen LogP contribution is 2.38. The van der Waals surface area contributed by atoms with Gasteiger partial charge in [-0.1, -0.05) is 47.2 Å². The summed E-state index contributed by atoms with van der Waals surface area (Å²) in [4.78, 5) is 0. The highest BCUT2D eigenvalue weighted by Gasteiger charge is 2.34. The smallest absolute Gasteiger partial charge is 0.387 e. The van der Waals surface area contributed by atoms with E-state index in [1.165, 1.54) is 13.1 Å². The van der Waals surface area contributed by atoms with Gasteiger partial charge in [0.15, 0.2) is 0 Å². The number of hydrogen-bond donors (Lipinski definition) is 1. The molecule has 1 N–H and O–H groups in total. The van der Waals surface area contributed by atoms with Gasteiger partial charge in [-0.15, -0.1) is 0 Å². The second-order valence-electron chi connectivity index (χ2n) is 4.35. The van der Waals surface area contributed by atoms with Gasteiger partial charge in [0, 0.05) is 17.6 Å². The maximum absolute atomic E-state index is 13.1. The first-order valence-electron chi connectivity index (χ1n) is 6.18. The van der Waals surface area contributed by atoms with Gasteiger partial charge in [0.25, 0.3) is 0 Å². The van der Waals surface area contributed by atoms with E-state index in [0.29, 0.717) is 10.6 Å². The number of alkyl halides is 3. The van der Waals surface area contributed by atoms with Gasteiger partial charge in [0.1, 0.15) is 0 Å². The number of anilines is 1. The van der Waals surface area contributed by atoms with Gasteiger partial charge in [-0.3, -0.25) is 0 Å². The van der Waals surface area contributed by atoms with Crippen LogP contribution in [0.3, 0.4) is 0 Å². The Bertz CT molecular complexity index is 758. The zero-order valence-corrected chi connectivity index (χ0v) is 12.9. The third-order valence-electron chi connectivity index (χ3n) is 2.86. The Morgan fingerprint density at radius 2 is 1.64 bits per heavy atom. The molecule has 0 aliphatic heterocycles. The Morgan fingerprint density at radius 3 is 2.23 bits per heavy atom. The first kappa shape index (κ1) is 16.5. The van der Waals surface area contributed by atoms with Gasteiger partial charge in [-0.25, -0.2) is 0 Å². The van der Waals surface area contributed by atoms with E-state index in [2.05, 4.69) is 17.2 Å². The molecule has 114 valence electrons. The van der Waals surface area contributed by atoms with Crippen molar-refractivity contribution in [2.45, 2.75) is 6.18 Å². The Balaban J connectivity index is 2.58. The second kappa shape index (κ2) is 6.51. The molecule has 0 bridgehead atoms. The molecule has 0 aromatic heterocycles. The van der Waals surface area contributed by atoms with Crippen LogP contribution in [0.5, 0.6) is 0 Å². The fraction of sp³-hybridized carbons (Fsp3) is 0.125. The van der Waals surface area contributed by atoms with Crippen LogP contribution in [0.2, 0.25) is 10.0 Å². The molecule has 0 radical (unpaired) electrons. The summed E-state index contributed by atoms with van der Waals surface area (Å²) in [6, 6.07) is 9.08. The van der Waals surface area contributed by atoms with Crippen LogP contribution in [0.25, 0.3) is 0 Å². The minimum absolute atomic E-state index is 0.0326. The molecule has 2 aromatic carbocycles. The van der Waals surface area contributed by atoms with Gasteiger partial charge >= 0.3 is 6.18 Å². The summed E-state index contributed by atoms with van der Waals surface area (Å²) in [5.41, 5.74) is -0.288. The monoisotopic (exact) mass is 343 g/mol. The summed E-state index contributed by atoms with van der Waals surface area (Å²) in [6.07, 6.45) is -4.52. The molecule has 0 fully saturated rings. The van der Waals surface area contributed by atoms with Crippen LogP contribution in [-0.2, 0) is 6.18 Å². The first-order valence-corrected chi connectivity index (χ1v) is 6.93. The highest BCUT2D eigenvalue weighted by atomic mass is 35.5. The van der Waals surface area contributed by atoms with Crippen molar-refractivity contribution in [3.05, 3.63) is 63.1 Å². The molecule has 0 unspecified atom stereocenters. The predicted octanol–water partition coefficient (Wildman–Crippen LogP) is 5.45. The van der Waals surface area contributed by atoms with E-state index in [-0.39, 0.29) is 16.3 Å². The lowest BCUT2D eigenvalue weighted by atomic mass is 10.1. The number of hydrogen-bond acceptors (Lipinski definition) is 1. The molecule has 0 aliphatic carbocycles. The maximum atomic E-state index is 13.1. The van der Waals surface area contributed by atoms with Gasteiger partial charge in [-0.2, -0.15) is 13.2 Å². The number of halogens is 5. The summed E-state index contributed by atoms with van der Waals surface area (Å²) in [6.45, 7) is 0. The van der Waals surface area contributed by atoms with Crippen molar-refractivity contribution in [3.8, 4) is 11.8 Å². The topological polar surface area (TPSA) is 12.0 Å². The molecule has 1 nitrogen and oxygen atoms in total. The zero-order chi connectivity index (χ0) is 16.3. The molecule has 2 aromatic rings. The van der Waals surface area contributed by atoms with Crippen LogP contribution in [0.15, 0.2) is 36.4 Å². The molecular weight excluding hydrogens is 334 g/mol. The van der Waals surface area contributed by atoms with E-state index in [4.69, 9.17) is 23.2 Å². The summed E-state index contributed by atoms with van der Waals surface area (Å²) in [5, 5.41) is 2.93. The standard InChI is InChI=1S/C16H10Cl2F3N/c1-22-15-11(7-6-10-4-2-3-5-14(10)18)8-12(17)9-13(15)16(19,20)21/h2-5,8-9,22H,1H3. The molecule has 22 heavy (non-hydrogen) atoms. The maximum Gasteiger partial charge on any atom is 0.418 e. The minimum Gasteiger partial charge on any atom is -0.387 e. The molecule has 2 rings (SSSR count). The van der Waals surface area contributed by atoms with Crippen LogP contribution in [0.4, 0.5) is 18.9 Å². The Morgan fingerprint density at radius 1 is 1.00 bits per heavy atom.